The maximum absolute atomic E-state index is 6.29. The van der Waals surface area contributed by atoms with Crippen molar-refractivity contribution in [1.29, 1.82) is 0 Å². The van der Waals surface area contributed by atoms with Crippen LogP contribution >= 0.6 is 27.5 Å². The molecule has 2 atom stereocenters. The van der Waals surface area contributed by atoms with Gasteiger partial charge in [0.25, 0.3) is 0 Å². The molecule has 1 aromatic carbocycles. The molecule has 0 saturated heterocycles. The van der Waals surface area contributed by atoms with E-state index in [1.54, 1.807) is 0 Å². The van der Waals surface area contributed by atoms with Gasteiger partial charge < -0.3 is 9.47 Å². The number of ether oxygens (including phenoxy) is 2. The molecule has 1 aromatic rings. The Balaban J connectivity index is 2.34. The fourth-order valence-electron chi connectivity index (χ4n) is 1.80. The molecule has 0 radical (unpaired) electrons. The summed E-state index contributed by atoms with van der Waals surface area (Å²) in [5, 5.41) is 0.733. The van der Waals surface area contributed by atoms with Gasteiger partial charge >= 0.3 is 0 Å². The highest BCUT2D eigenvalue weighted by Gasteiger charge is 2.21. The third-order valence-corrected chi connectivity index (χ3v) is 4.83. The van der Waals surface area contributed by atoms with Gasteiger partial charge in [-0.3, -0.25) is 0 Å². The van der Waals surface area contributed by atoms with Crippen molar-refractivity contribution in [3.05, 3.63) is 22.7 Å². The lowest BCUT2D eigenvalue weighted by Crippen LogP contribution is -2.16. The fraction of sp³-hybridized carbons (Fsp3) is 0.538. The average molecular weight is 320 g/mol. The smallest absolute Gasteiger partial charge is 0.162 e. The average Bonchev–Trinajstić information content (AvgIpc) is 2.36. The van der Waals surface area contributed by atoms with Crippen LogP contribution in [-0.2, 0) is 0 Å². The largest absolute Gasteiger partial charge is 0.486 e. The maximum atomic E-state index is 6.29. The Morgan fingerprint density at radius 1 is 1.29 bits per heavy atom. The highest BCUT2D eigenvalue weighted by atomic mass is 79.9. The zero-order valence-corrected chi connectivity index (χ0v) is 12.3. The number of hydrogen-bond donors (Lipinski definition) is 0. The number of benzene rings is 1. The van der Waals surface area contributed by atoms with Crippen molar-refractivity contribution in [1.82, 2.24) is 0 Å². The van der Waals surface area contributed by atoms with Crippen LogP contribution in [0.5, 0.6) is 11.5 Å². The van der Waals surface area contributed by atoms with Crippen molar-refractivity contribution in [2.45, 2.75) is 25.1 Å². The van der Waals surface area contributed by atoms with E-state index >= 15 is 0 Å². The summed E-state index contributed by atoms with van der Waals surface area (Å²) >= 11 is 10.0. The van der Waals surface area contributed by atoms with Gasteiger partial charge in [0.05, 0.1) is 0 Å². The van der Waals surface area contributed by atoms with Crippen molar-refractivity contribution in [3.8, 4) is 11.5 Å². The normalized spacial score (nSPS) is 17.6. The minimum absolute atomic E-state index is 0.246. The van der Waals surface area contributed by atoms with E-state index in [9.17, 15) is 0 Å². The Hall–Kier alpha value is -0.410. The first kappa shape index (κ1) is 13.0. The number of rotatable bonds is 3. The van der Waals surface area contributed by atoms with E-state index in [-0.39, 0.29) is 4.83 Å². The number of hydrogen-bond acceptors (Lipinski definition) is 2. The predicted molar refractivity (Wildman–Crippen MR) is 73.6 cm³/mol. The molecule has 2 rings (SSSR count). The lowest BCUT2D eigenvalue weighted by molar-refractivity contribution is 0.171. The minimum Gasteiger partial charge on any atom is -0.486 e. The fourth-order valence-corrected chi connectivity index (χ4v) is 2.96. The van der Waals surface area contributed by atoms with Crippen LogP contribution in [0, 0.1) is 5.92 Å². The van der Waals surface area contributed by atoms with Crippen LogP contribution < -0.4 is 9.47 Å². The second-order valence-corrected chi connectivity index (χ2v) is 5.70. The van der Waals surface area contributed by atoms with Crippen molar-refractivity contribution >= 4 is 27.5 Å². The van der Waals surface area contributed by atoms with Crippen molar-refractivity contribution in [3.63, 3.8) is 0 Å². The molecule has 17 heavy (non-hydrogen) atoms. The molecular weight excluding hydrogens is 303 g/mol. The maximum Gasteiger partial charge on any atom is 0.162 e. The third-order valence-electron chi connectivity index (χ3n) is 3.10. The molecule has 0 aromatic heterocycles. The summed E-state index contributed by atoms with van der Waals surface area (Å²) in [4.78, 5) is 0.246. The van der Waals surface area contributed by atoms with E-state index in [1.807, 2.05) is 12.1 Å². The molecule has 0 saturated carbocycles. The molecule has 94 valence electrons. The second kappa shape index (κ2) is 5.49. The van der Waals surface area contributed by atoms with E-state index in [4.69, 9.17) is 21.1 Å². The molecule has 2 unspecified atom stereocenters. The van der Waals surface area contributed by atoms with E-state index in [1.165, 1.54) is 0 Å². The summed E-state index contributed by atoms with van der Waals surface area (Å²) in [6, 6.07) is 3.84. The lowest BCUT2D eigenvalue weighted by Gasteiger charge is -2.23. The van der Waals surface area contributed by atoms with Gasteiger partial charge in [-0.15, -0.1) is 0 Å². The highest BCUT2D eigenvalue weighted by molar-refractivity contribution is 9.09. The molecule has 1 heterocycles. The van der Waals surface area contributed by atoms with Gasteiger partial charge in [0.15, 0.2) is 11.5 Å². The molecule has 0 aliphatic carbocycles. The minimum atomic E-state index is 0.246. The van der Waals surface area contributed by atoms with E-state index < -0.39 is 0 Å². The van der Waals surface area contributed by atoms with E-state index in [2.05, 4.69) is 29.8 Å². The van der Waals surface area contributed by atoms with Gasteiger partial charge in [0.2, 0.25) is 0 Å². The van der Waals surface area contributed by atoms with Gasteiger partial charge in [-0.25, -0.2) is 0 Å². The van der Waals surface area contributed by atoms with E-state index in [0.29, 0.717) is 19.1 Å². The van der Waals surface area contributed by atoms with Gasteiger partial charge in [-0.2, -0.15) is 0 Å². The Bertz CT molecular complexity index is 409. The topological polar surface area (TPSA) is 18.5 Å². The summed E-state index contributed by atoms with van der Waals surface area (Å²) in [6.07, 6.45) is 1.10. The molecule has 0 spiro atoms. The number of halogens is 2. The van der Waals surface area contributed by atoms with Crippen LogP contribution in [0.1, 0.15) is 30.7 Å². The Labute approximate surface area is 115 Å². The summed E-state index contributed by atoms with van der Waals surface area (Å²) in [7, 11) is 0. The standard InChI is InChI=1S/C13H16BrClO2/c1-3-8(2)13(14)9-6-11-12(7-10(9)15)17-5-4-16-11/h6-8,13H,3-5H2,1-2H3. The first-order valence-electron chi connectivity index (χ1n) is 5.86. The number of fused-ring (bicyclic) bond motifs is 1. The van der Waals surface area contributed by atoms with Crippen LogP contribution in [0.15, 0.2) is 12.1 Å². The van der Waals surface area contributed by atoms with Crippen molar-refractivity contribution < 1.29 is 9.47 Å². The summed E-state index contributed by atoms with van der Waals surface area (Å²) < 4.78 is 11.1. The lowest BCUT2D eigenvalue weighted by atomic mass is 9.98. The Morgan fingerprint density at radius 3 is 2.47 bits per heavy atom. The van der Waals surface area contributed by atoms with E-state index in [0.717, 1.165) is 28.5 Å². The van der Waals surface area contributed by atoms with Crippen LogP contribution in [0.25, 0.3) is 0 Å². The van der Waals surface area contributed by atoms with Gasteiger partial charge in [0, 0.05) is 15.9 Å². The molecule has 0 bridgehead atoms. The quantitative estimate of drug-likeness (QED) is 0.758. The summed E-state index contributed by atoms with van der Waals surface area (Å²) in [5.41, 5.74) is 1.07. The zero-order chi connectivity index (χ0) is 12.4. The van der Waals surface area contributed by atoms with Gasteiger partial charge in [-0.05, 0) is 17.5 Å². The Kier molecular flexibility index (Phi) is 4.21. The SMILES string of the molecule is CCC(C)C(Br)c1cc2c(cc1Cl)OCCO2. The summed E-state index contributed by atoms with van der Waals surface area (Å²) in [6.45, 7) is 5.56. The molecule has 2 nitrogen and oxygen atoms in total. The van der Waals surface area contributed by atoms with Crippen LogP contribution in [0.2, 0.25) is 5.02 Å². The van der Waals surface area contributed by atoms with Crippen molar-refractivity contribution in [2.75, 3.05) is 13.2 Å². The van der Waals surface area contributed by atoms with Crippen LogP contribution in [0.3, 0.4) is 0 Å². The first-order chi connectivity index (χ1) is 8.13. The second-order valence-electron chi connectivity index (χ2n) is 4.30. The molecule has 1 aliphatic rings. The summed E-state index contributed by atoms with van der Waals surface area (Å²) in [5.74, 6) is 2.06. The Morgan fingerprint density at radius 2 is 1.88 bits per heavy atom. The molecule has 0 fully saturated rings. The highest BCUT2D eigenvalue weighted by Crippen LogP contribution is 2.43. The van der Waals surface area contributed by atoms with Gasteiger partial charge in [0.1, 0.15) is 13.2 Å². The van der Waals surface area contributed by atoms with Crippen LogP contribution in [-0.4, -0.2) is 13.2 Å². The monoisotopic (exact) mass is 318 g/mol. The van der Waals surface area contributed by atoms with Crippen molar-refractivity contribution in [2.24, 2.45) is 5.92 Å². The molecule has 1 aliphatic heterocycles. The molecule has 0 amide bonds. The molecule has 0 N–H and O–H groups in total. The first-order valence-corrected chi connectivity index (χ1v) is 7.16. The predicted octanol–water partition coefficient (Wildman–Crippen LogP) is 4.59. The van der Waals surface area contributed by atoms with Crippen LogP contribution in [0.4, 0.5) is 0 Å². The zero-order valence-electron chi connectivity index (χ0n) is 10.0. The molecular formula is C13H16BrClO2. The number of alkyl halides is 1. The van der Waals surface area contributed by atoms with Gasteiger partial charge in [-0.1, -0.05) is 47.8 Å². The molecule has 4 heteroatoms. The third kappa shape index (κ3) is 2.71.